The average Bonchev–Trinajstić information content (AvgIpc) is 2.46. The first kappa shape index (κ1) is 15.5. The predicted molar refractivity (Wildman–Crippen MR) is 67.7 cm³/mol. The maximum absolute atomic E-state index is 12.7. The molecule has 1 unspecified atom stereocenters. The molecule has 9 heteroatoms. The Morgan fingerprint density at radius 2 is 2.19 bits per heavy atom. The molecule has 0 spiro atoms. The lowest BCUT2D eigenvalue weighted by Gasteiger charge is -2.33. The van der Waals surface area contributed by atoms with E-state index in [2.05, 4.69) is 9.97 Å². The van der Waals surface area contributed by atoms with Crippen LogP contribution in [0.25, 0.3) is 0 Å². The van der Waals surface area contributed by atoms with Crippen LogP contribution in [0.5, 0.6) is 0 Å². The van der Waals surface area contributed by atoms with Crippen molar-refractivity contribution >= 4 is 11.9 Å². The van der Waals surface area contributed by atoms with Crippen molar-refractivity contribution in [3.63, 3.8) is 0 Å². The molecule has 1 aromatic heterocycles. The number of anilines is 1. The highest BCUT2D eigenvalue weighted by Crippen LogP contribution is 2.28. The third-order valence-corrected chi connectivity index (χ3v) is 3.00. The summed E-state index contributed by atoms with van der Waals surface area (Å²) >= 11 is 0. The van der Waals surface area contributed by atoms with Gasteiger partial charge >= 0.3 is 6.18 Å². The predicted octanol–water partition coefficient (Wildman–Crippen LogP) is 0.789. The monoisotopic (exact) mass is 304 g/mol. The summed E-state index contributed by atoms with van der Waals surface area (Å²) in [5.74, 6) is -0.295. The van der Waals surface area contributed by atoms with E-state index >= 15 is 0 Å². The minimum Gasteiger partial charge on any atom is -0.365 e. The zero-order valence-electron chi connectivity index (χ0n) is 11.6. The number of likely N-dealkylation sites (N-methyl/N-ethyl adjacent to an activating group) is 1. The lowest BCUT2D eigenvalue weighted by Crippen LogP contribution is -2.50. The van der Waals surface area contributed by atoms with E-state index in [1.165, 1.54) is 9.80 Å². The maximum Gasteiger partial charge on any atom is 0.433 e. The largest absolute Gasteiger partial charge is 0.433 e. The average molecular weight is 304 g/mol. The lowest BCUT2D eigenvalue weighted by molar-refractivity contribution is -0.142. The van der Waals surface area contributed by atoms with Crippen molar-refractivity contribution in [3.05, 3.63) is 18.0 Å². The quantitative estimate of drug-likeness (QED) is 0.808. The second-order valence-electron chi connectivity index (χ2n) is 4.78. The smallest absolute Gasteiger partial charge is 0.365 e. The molecule has 116 valence electrons. The molecule has 0 aliphatic carbocycles. The number of aromatic nitrogens is 2. The Bertz CT molecular complexity index is 521. The van der Waals surface area contributed by atoms with Crippen LogP contribution in [0.2, 0.25) is 0 Å². The molecule has 1 aliphatic heterocycles. The Morgan fingerprint density at radius 1 is 1.48 bits per heavy atom. The van der Waals surface area contributed by atoms with Gasteiger partial charge in [0.2, 0.25) is 5.95 Å². The molecule has 0 N–H and O–H groups in total. The van der Waals surface area contributed by atoms with Gasteiger partial charge < -0.3 is 14.5 Å². The molecule has 6 nitrogen and oxygen atoms in total. The van der Waals surface area contributed by atoms with E-state index in [1.807, 2.05) is 0 Å². The molecular formula is C12H15F3N4O2. The van der Waals surface area contributed by atoms with Gasteiger partial charge in [-0.25, -0.2) is 9.97 Å². The van der Waals surface area contributed by atoms with Gasteiger partial charge in [-0.05, 0) is 6.07 Å². The van der Waals surface area contributed by atoms with Gasteiger partial charge in [-0.2, -0.15) is 13.2 Å². The lowest BCUT2D eigenvalue weighted by atomic mass is 10.2. The van der Waals surface area contributed by atoms with Gasteiger partial charge in [0.1, 0.15) is 5.69 Å². The van der Waals surface area contributed by atoms with E-state index in [-0.39, 0.29) is 25.0 Å². The number of halogens is 3. The van der Waals surface area contributed by atoms with E-state index < -0.39 is 18.0 Å². The summed E-state index contributed by atoms with van der Waals surface area (Å²) in [6, 6.07) is 0.812. The Hall–Kier alpha value is -1.90. The second-order valence-corrected chi connectivity index (χ2v) is 4.78. The summed E-state index contributed by atoms with van der Waals surface area (Å²) in [6.07, 6.45) is -4.20. The minimum atomic E-state index is -4.52. The highest BCUT2D eigenvalue weighted by Gasteiger charge is 2.34. The molecular weight excluding hydrogens is 289 g/mol. The molecule has 1 atom stereocenters. The van der Waals surface area contributed by atoms with Gasteiger partial charge in [-0.15, -0.1) is 0 Å². The first-order valence-electron chi connectivity index (χ1n) is 6.27. The summed E-state index contributed by atoms with van der Waals surface area (Å²) in [5, 5.41) is 0. The van der Waals surface area contributed by atoms with Gasteiger partial charge in [-0.1, -0.05) is 0 Å². The fourth-order valence-electron chi connectivity index (χ4n) is 1.93. The summed E-state index contributed by atoms with van der Waals surface area (Å²) in [5.41, 5.74) is -1.01. The highest BCUT2D eigenvalue weighted by atomic mass is 19.4. The Labute approximate surface area is 119 Å². The normalized spacial score (nSPS) is 19.5. The Morgan fingerprint density at radius 3 is 2.81 bits per heavy atom. The first-order valence-corrected chi connectivity index (χ1v) is 6.27. The van der Waals surface area contributed by atoms with Gasteiger partial charge in [0, 0.05) is 26.8 Å². The van der Waals surface area contributed by atoms with Crippen LogP contribution in [0.1, 0.15) is 5.69 Å². The zero-order chi connectivity index (χ0) is 15.6. The van der Waals surface area contributed by atoms with Crippen LogP contribution in [-0.2, 0) is 15.7 Å². The summed E-state index contributed by atoms with van der Waals surface area (Å²) in [4.78, 5) is 22.1. The van der Waals surface area contributed by atoms with Gasteiger partial charge in [-0.3, -0.25) is 4.79 Å². The number of morpholine rings is 1. The number of carbonyl (C=O) groups excluding carboxylic acids is 1. The number of hydrogen-bond acceptors (Lipinski definition) is 5. The maximum atomic E-state index is 12.7. The number of rotatable bonds is 2. The SMILES string of the molecule is CN(C)C(=O)C1CN(c2nccc(C(F)(F)F)n2)CCO1. The molecule has 0 radical (unpaired) electrons. The topological polar surface area (TPSA) is 58.6 Å². The fourth-order valence-corrected chi connectivity index (χ4v) is 1.93. The van der Waals surface area contributed by atoms with Crippen molar-refractivity contribution in [1.29, 1.82) is 0 Å². The molecule has 1 fully saturated rings. The molecule has 0 bridgehead atoms. The van der Waals surface area contributed by atoms with Crippen molar-refractivity contribution in [3.8, 4) is 0 Å². The van der Waals surface area contributed by atoms with Crippen LogP contribution in [0.4, 0.5) is 19.1 Å². The first-order chi connectivity index (χ1) is 9.79. The number of ether oxygens (including phenoxy) is 1. The van der Waals surface area contributed by atoms with Crippen LogP contribution >= 0.6 is 0 Å². The van der Waals surface area contributed by atoms with Crippen molar-refractivity contribution in [1.82, 2.24) is 14.9 Å². The van der Waals surface area contributed by atoms with Crippen LogP contribution in [0.15, 0.2) is 12.3 Å². The van der Waals surface area contributed by atoms with E-state index in [9.17, 15) is 18.0 Å². The third kappa shape index (κ3) is 3.60. The molecule has 1 aliphatic rings. The third-order valence-electron chi connectivity index (χ3n) is 3.00. The number of alkyl halides is 3. The molecule has 21 heavy (non-hydrogen) atoms. The van der Waals surface area contributed by atoms with Crippen LogP contribution < -0.4 is 4.90 Å². The fraction of sp³-hybridized carbons (Fsp3) is 0.583. The van der Waals surface area contributed by atoms with Crippen molar-refractivity contribution in [2.75, 3.05) is 38.7 Å². The van der Waals surface area contributed by atoms with Gasteiger partial charge in [0.05, 0.1) is 13.2 Å². The highest BCUT2D eigenvalue weighted by molar-refractivity contribution is 5.81. The molecule has 1 saturated heterocycles. The summed E-state index contributed by atoms with van der Waals surface area (Å²) in [7, 11) is 3.18. The van der Waals surface area contributed by atoms with E-state index in [1.54, 1.807) is 14.1 Å². The zero-order valence-corrected chi connectivity index (χ0v) is 11.6. The van der Waals surface area contributed by atoms with E-state index in [0.717, 1.165) is 12.3 Å². The second kappa shape index (κ2) is 5.84. The standard InChI is InChI=1S/C12H15F3N4O2/c1-18(2)10(20)8-7-19(5-6-21-8)11-16-4-3-9(17-11)12(13,14)15/h3-4,8H,5-7H2,1-2H3. The molecule has 0 aromatic carbocycles. The Kier molecular flexibility index (Phi) is 4.31. The number of amides is 1. The number of carbonyl (C=O) groups is 1. The minimum absolute atomic E-state index is 0.0512. The van der Waals surface area contributed by atoms with Crippen molar-refractivity contribution in [2.24, 2.45) is 0 Å². The van der Waals surface area contributed by atoms with E-state index in [4.69, 9.17) is 4.74 Å². The van der Waals surface area contributed by atoms with Crippen LogP contribution in [0, 0.1) is 0 Å². The summed E-state index contributed by atoms with van der Waals surface area (Å²) < 4.78 is 43.3. The number of hydrogen-bond donors (Lipinski definition) is 0. The van der Waals surface area contributed by atoms with Crippen molar-refractivity contribution < 1.29 is 22.7 Å². The van der Waals surface area contributed by atoms with Crippen molar-refractivity contribution in [2.45, 2.75) is 12.3 Å². The molecule has 1 amide bonds. The molecule has 2 rings (SSSR count). The number of nitrogens with zero attached hydrogens (tertiary/aromatic N) is 4. The van der Waals surface area contributed by atoms with Gasteiger partial charge in [0.25, 0.3) is 5.91 Å². The molecule has 1 aromatic rings. The van der Waals surface area contributed by atoms with Crippen LogP contribution in [0.3, 0.4) is 0 Å². The summed E-state index contributed by atoms with van der Waals surface area (Å²) in [6.45, 7) is 0.681. The van der Waals surface area contributed by atoms with E-state index in [0.29, 0.717) is 6.54 Å². The Balaban J connectivity index is 2.16. The van der Waals surface area contributed by atoms with Crippen LogP contribution in [-0.4, -0.2) is 60.7 Å². The molecule has 2 heterocycles. The molecule has 0 saturated carbocycles. The van der Waals surface area contributed by atoms with Gasteiger partial charge in [0.15, 0.2) is 6.10 Å².